The predicted octanol–water partition coefficient (Wildman–Crippen LogP) is 6.25. The number of methoxy groups -OCH3 is 4. The average Bonchev–Trinajstić information content (AvgIpc) is 2.87. The van der Waals surface area contributed by atoms with Crippen molar-refractivity contribution in [2.45, 2.75) is 70.9 Å². The summed E-state index contributed by atoms with van der Waals surface area (Å²) in [4.78, 5) is 0. The molecule has 0 aromatic heterocycles. The first kappa shape index (κ1) is 24.7. The van der Waals surface area contributed by atoms with Gasteiger partial charge in [-0.05, 0) is 42.2 Å². The minimum Gasteiger partial charge on any atom is -0.493 e. The quantitative estimate of drug-likeness (QED) is 0.288. The average molecular weight is 469 g/mol. The smallest absolute Gasteiger partial charge is 0.169 e. The second-order valence-corrected chi connectivity index (χ2v) is 9.91. The van der Waals surface area contributed by atoms with E-state index in [1.165, 1.54) is 67.3 Å². The summed E-state index contributed by atoms with van der Waals surface area (Å²) in [7, 11) is 6.96. The molecule has 186 valence electrons. The largest absolute Gasteiger partial charge is 0.493 e. The van der Waals surface area contributed by atoms with Crippen LogP contribution >= 0.6 is 0 Å². The van der Waals surface area contributed by atoms with Crippen molar-refractivity contribution in [2.24, 2.45) is 0 Å². The molecule has 2 aliphatic heterocycles. The number of benzene rings is 2. The van der Waals surface area contributed by atoms with Gasteiger partial charge in [-0.1, -0.05) is 38.7 Å². The molecule has 0 radical (unpaired) electrons. The Labute approximate surface area is 205 Å². The maximum absolute atomic E-state index is 5.89. The van der Waals surface area contributed by atoms with Crippen molar-refractivity contribution in [1.82, 2.24) is 0 Å². The first-order valence-corrected chi connectivity index (χ1v) is 12.9. The van der Waals surface area contributed by atoms with Crippen LogP contribution in [-0.4, -0.2) is 46.0 Å². The Morgan fingerprint density at radius 1 is 0.794 bits per heavy atom. The van der Waals surface area contributed by atoms with E-state index >= 15 is 0 Å². The van der Waals surface area contributed by atoms with Crippen LogP contribution in [0.1, 0.15) is 73.7 Å². The zero-order valence-corrected chi connectivity index (χ0v) is 21.7. The summed E-state index contributed by atoms with van der Waals surface area (Å²) in [5.74, 6) is 3.41. The van der Waals surface area contributed by atoms with Gasteiger partial charge in [-0.3, -0.25) is 0 Å². The van der Waals surface area contributed by atoms with E-state index in [2.05, 4.69) is 31.2 Å². The summed E-state index contributed by atoms with van der Waals surface area (Å²) in [5, 5.41) is 0. The van der Waals surface area contributed by atoms with Crippen LogP contribution in [0.5, 0.6) is 23.0 Å². The van der Waals surface area contributed by atoms with Crippen molar-refractivity contribution in [3.05, 3.63) is 46.5 Å². The minimum absolute atomic E-state index is 0.421. The van der Waals surface area contributed by atoms with E-state index in [0.29, 0.717) is 6.04 Å². The van der Waals surface area contributed by atoms with Gasteiger partial charge in [0.15, 0.2) is 23.0 Å². The van der Waals surface area contributed by atoms with Gasteiger partial charge in [0, 0.05) is 18.4 Å². The van der Waals surface area contributed by atoms with Crippen LogP contribution in [0.3, 0.4) is 0 Å². The van der Waals surface area contributed by atoms with E-state index in [4.69, 9.17) is 18.9 Å². The topological polar surface area (TPSA) is 36.9 Å². The van der Waals surface area contributed by atoms with Crippen LogP contribution in [0.15, 0.2) is 24.3 Å². The van der Waals surface area contributed by atoms with Gasteiger partial charge in [0.1, 0.15) is 12.6 Å². The molecule has 5 heteroatoms. The Morgan fingerprint density at radius 3 is 2.21 bits per heavy atom. The van der Waals surface area contributed by atoms with Crippen LogP contribution in [0.2, 0.25) is 0 Å². The van der Waals surface area contributed by atoms with E-state index in [1.54, 1.807) is 28.4 Å². The Balaban J connectivity index is 1.72. The SMILES string of the molecule is CCCCCCCC[N+]12CCc3cc(OC)c(OC)cc3C1Cc1ccc(OC)c(OC)c1C2. The lowest BCUT2D eigenvalue weighted by Crippen LogP contribution is -2.56. The monoisotopic (exact) mass is 468 g/mol. The predicted molar refractivity (Wildman–Crippen MR) is 136 cm³/mol. The maximum Gasteiger partial charge on any atom is 0.169 e. The first-order valence-electron chi connectivity index (χ1n) is 12.9. The molecule has 0 saturated heterocycles. The lowest BCUT2D eigenvalue weighted by molar-refractivity contribution is -0.973. The molecule has 2 atom stereocenters. The van der Waals surface area contributed by atoms with Crippen molar-refractivity contribution < 1.29 is 23.4 Å². The van der Waals surface area contributed by atoms with E-state index in [1.807, 2.05) is 0 Å². The zero-order chi connectivity index (χ0) is 24.1. The van der Waals surface area contributed by atoms with Gasteiger partial charge in [0.25, 0.3) is 0 Å². The number of unbranched alkanes of at least 4 members (excludes halogenated alkanes) is 5. The molecule has 0 aliphatic carbocycles. The van der Waals surface area contributed by atoms with E-state index in [9.17, 15) is 0 Å². The molecule has 2 aromatic carbocycles. The lowest BCUT2D eigenvalue weighted by atomic mass is 9.80. The third kappa shape index (κ3) is 4.59. The number of hydrogen-bond donors (Lipinski definition) is 0. The standard InChI is InChI=1S/C29H42NO4/c1-6-7-8-9-10-11-15-30-16-14-22-18-27(32-3)28(33-4)19-23(22)25(30)17-21-12-13-26(31-2)29(34-5)24(21)20-30/h12-13,18-19,25H,6-11,14-17,20H2,1-5H3/q+1. The number of fused-ring (bicyclic) bond motifs is 4. The van der Waals surface area contributed by atoms with Gasteiger partial charge in [0.05, 0.1) is 47.1 Å². The van der Waals surface area contributed by atoms with Gasteiger partial charge in [-0.15, -0.1) is 0 Å². The third-order valence-electron chi connectivity index (χ3n) is 8.08. The maximum atomic E-state index is 5.89. The molecule has 2 unspecified atom stereocenters. The van der Waals surface area contributed by atoms with Gasteiger partial charge >= 0.3 is 0 Å². The van der Waals surface area contributed by atoms with E-state index < -0.39 is 0 Å². The molecule has 34 heavy (non-hydrogen) atoms. The fourth-order valence-electron chi connectivity index (χ4n) is 6.22. The van der Waals surface area contributed by atoms with Crippen LogP contribution in [0.4, 0.5) is 0 Å². The summed E-state index contributed by atoms with van der Waals surface area (Å²) >= 11 is 0. The molecule has 2 heterocycles. The Bertz CT molecular complexity index is 989. The summed E-state index contributed by atoms with van der Waals surface area (Å²) in [6.07, 6.45) is 9.99. The highest BCUT2D eigenvalue weighted by molar-refractivity contribution is 5.53. The molecule has 0 fully saturated rings. The molecule has 0 N–H and O–H groups in total. The van der Waals surface area contributed by atoms with Crippen molar-refractivity contribution in [3.63, 3.8) is 0 Å². The first-order chi connectivity index (χ1) is 16.6. The molecule has 0 bridgehead atoms. The van der Waals surface area contributed by atoms with E-state index in [0.717, 1.165) is 53.4 Å². The summed E-state index contributed by atoms with van der Waals surface area (Å²) in [6.45, 7) is 5.61. The molecular formula is C29H42NO4+. The number of rotatable bonds is 11. The van der Waals surface area contributed by atoms with Gasteiger partial charge in [-0.2, -0.15) is 0 Å². The van der Waals surface area contributed by atoms with Crippen LogP contribution in [-0.2, 0) is 19.4 Å². The normalized spacial score (nSPS) is 20.7. The molecule has 2 aromatic rings. The van der Waals surface area contributed by atoms with Crippen LogP contribution in [0, 0.1) is 0 Å². The lowest BCUT2D eigenvalue weighted by Gasteiger charge is -2.51. The number of hydrogen-bond acceptors (Lipinski definition) is 4. The fourth-order valence-corrected chi connectivity index (χ4v) is 6.22. The summed E-state index contributed by atoms with van der Waals surface area (Å²) in [6, 6.07) is 9.17. The minimum atomic E-state index is 0.421. The van der Waals surface area contributed by atoms with Crippen molar-refractivity contribution in [2.75, 3.05) is 41.5 Å². The Morgan fingerprint density at radius 2 is 1.50 bits per heavy atom. The molecule has 0 amide bonds. The number of ether oxygens (including phenoxy) is 4. The number of nitrogens with zero attached hydrogens (tertiary/aromatic N) is 1. The zero-order valence-electron chi connectivity index (χ0n) is 21.7. The summed E-state index contributed by atoms with van der Waals surface area (Å²) in [5.41, 5.74) is 5.54. The molecule has 0 saturated carbocycles. The number of quaternary nitrogens is 1. The highest BCUT2D eigenvalue weighted by Crippen LogP contribution is 2.50. The second-order valence-electron chi connectivity index (χ2n) is 9.91. The Hall–Kier alpha value is -2.40. The molecule has 0 spiro atoms. The molecule has 5 nitrogen and oxygen atoms in total. The highest BCUT2D eigenvalue weighted by Gasteiger charge is 2.47. The summed E-state index contributed by atoms with van der Waals surface area (Å²) < 4.78 is 24.0. The van der Waals surface area contributed by atoms with E-state index in [-0.39, 0.29) is 0 Å². The highest BCUT2D eigenvalue weighted by atomic mass is 16.5. The molecule has 4 rings (SSSR count). The van der Waals surface area contributed by atoms with Crippen molar-refractivity contribution >= 4 is 0 Å². The van der Waals surface area contributed by atoms with Crippen molar-refractivity contribution in [3.8, 4) is 23.0 Å². The Kier molecular flexibility index (Phi) is 7.92. The van der Waals surface area contributed by atoms with Crippen molar-refractivity contribution in [1.29, 1.82) is 0 Å². The van der Waals surface area contributed by atoms with Gasteiger partial charge in [0.2, 0.25) is 0 Å². The van der Waals surface area contributed by atoms with Crippen LogP contribution in [0.25, 0.3) is 0 Å². The third-order valence-corrected chi connectivity index (χ3v) is 8.08. The van der Waals surface area contributed by atoms with Crippen LogP contribution < -0.4 is 18.9 Å². The van der Waals surface area contributed by atoms with Gasteiger partial charge in [-0.25, -0.2) is 0 Å². The molecule has 2 aliphatic rings. The van der Waals surface area contributed by atoms with Gasteiger partial charge < -0.3 is 23.4 Å². The fraction of sp³-hybridized carbons (Fsp3) is 0.586. The second kappa shape index (κ2) is 10.9. The molecular weight excluding hydrogens is 426 g/mol.